The van der Waals surface area contributed by atoms with Crippen LogP contribution >= 0.6 is 0 Å². The minimum atomic E-state index is -0.369. The number of nitrogens with one attached hydrogen (secondary N) is 1. The fourth-order valence-electron chi connectivity index (χ4n) is 2.78. The molecule has 2 aliphatic heterocycles. The van der Waals surface area contributed by atoms with E-state index in [-0.39, 0.29) is 11.4 Å². The highest BCUT2D eigenvalue weighted by Crippen LogP contribution is 2.13. The number of hydrogen-bond donors (Lipinski definition) is 1. The van der Waals surface area contributed by atoms with Gasteiger partial charge in [0.1, 0.15) is 0 Å². The minimum absolute atomic E-state index is 0.255. The Morgan fingerprint density at radius 1 is 1.18 bits per heavy atom. The van der Waals surface area contributed by atoms with Crippen LogP contribution in [0.15, 0.2) is 0 Å². The van der Waals surface area contributed by atoms with Gasteiger partial charge in [0, 0.05) is 19.6 Å². The number of piperazine rings is 1. The van der Waals surface area contributed by atoms with Crippen LogP contribution in [0.25, 0.3) is 0 Å². The van der Waals surface area contributed by atoms with Gasteiger partial charge in [-0.25, -0.2) is 0 Å². The van der Waals surface area contributed by atoms with Crippen LogP contribution in [-0.2, 0) is 4.79 Å². The highest BCUT2D eigenvalue weighted by atomic mass is 16.2. The van der Waals surface area contributed by atoms with Crippen LogP contribution in [0.5, 0.6) is 0 Å². The molecule has 0 unspecified atom stereocenters. The van der Waals surface area contributed by atoms with Gasteiger partial charge in [0.15, 0.2) is 0 Å². The molecule has 2 fully saturated rings. The molecule has 0 aromatic rings. The van der Waals surface area contributed by atoms with Crippen molar-refractivity contribution in [2.24, 2.45) is 0 Å². The lowest BCUT2D eigenvalue weighted by atomic mass is 10.0. The van der Waals surface area contributed by atoms with Crippen LogP contribution in [0.3, 0.4) is 0 Å². The molecule has 2 aliphatic rings. The average Bonchev–Trinajstić information content (AvgIpc) is 2.77. The number of rotatable bonds is 4. The number of hydrogen-bond acceptors (Lipinski definition) is 3. The Labute approximate surface area is 104 Å². The molecule has 0 aromatic heterocycles. The number of carbonyl (C=O) groups is 1. The van der Waals surface area contributed by atoms with E-state index >= 15 is 0 Å². The summed E-state index contributed by atoms with van der Waals surface area (Å²) < 4.78 is 0. The summed E-state index contributed by atoms with van der Waals surface area (Å²) in [4.78, 5) is 16.7. The number of nitrogens with zero attached hydrogens (tertiary/aromatic N) is 2. The summed E-state index contributed by atoms with van der Waals surface area (Å²) in [6, 6.07) is 0. The van der Waals surface area contributed by atoms with Gasteiger partial charge in [-0.1, -0.05) is 0 Å². The second-order valence-corrected chi connectivity index (χ2v) is 5.75. The SMILES string of the molecule is CC1(C)NCCN(CCCN2CCCC2)C1=O. The third-order valence-corrected chi connectivity index (χ3v) is 3.87. The maximum absolute atomic E-state index is 12.1. The van der Waals surface area contributed by atoms with Crippen molar-refractivity contribution in [1.29, 1.82) is 0 Å². The number of amides is 1. The molecule has 0 aromatic carbocycles. The largest absolute Gasteiger partial charge is 0.340 e. The molecule has 1 N–H and O–H groups in total. The monoisotopic (exact) mass is 239 g/mol. The summed E-state index contributed by atoms with van der Waals surface area (Å²) in [7, 11) is 0. The summed E-state index contributed by atoms with van der Waals surface area (Å²) >= 11 is 0. The lowest BCUT2D eigenvalue weighted by Crippen LogP contribution is -2.61. The minimum Gasteiger partial charge on any atom is -0.340 e. The first kappa shape index (κ1) is 12.8. The second-order valence-electron chi connectivity index (χ2n) is 5.75. The Morgan fingerprint density at radius 2 is 1.88 bits per heavy atom. The van der Waals surface area contributed by atoms with E-state index < -0.39 is 0 Å². The van der Waals surface area contributed by atoms with Crippen LogP contribution < -0.4 is 5.32 Å². The fourth-order valence-corrected chi connectivity index (χ4v) is 2.78. The predicted molar refractivity (Wildman–Crippen MR) is 69.0 cm³/mol. The summed E-state index contributed by atoms with van der Waals surface area (Å²) in [6.45, 7) is 10.3. The van der Waals surface area contributed by atoms with E-state index in [1.165, 1.54) is 25.9 Å². The van der Waals surface area contributed by atoms with E-state index in [0.29, 0.717) is 0 Å². The zero-order chi connectivity index (χ0) is 12.3. The van der Waals surface area contributed by atoms with E-state index in [9.17, 15) is 4.79 Å². The Balaban J connectivity index is 1.72. The van der Waals surface area contributed by atoms with Crippen LogP contribution in [-0.4, -0.2) is 60.5 Å². The molecule has 1 amide bonds. The lowest BCUT2D eigenvalue weighted by Gasteiger charge is -2.38. The Morgan fingerprint density at radius 3 is 2.59 bits per heavy atom. The van der Waals surface area contributed by atoms with Crippen molar-refractivity contribution in [2.45, 2.75) is 38.6 Å². The van der Waals surface area contributed by atoms with Gasteiger partial charge in [0.25, 0.3) is 0 Å². The maximum atomic E-state index is 12.1. The fraction of sp³-hybridized carbons (Fsp3) is 0.923. The highest BCUT2D eigenvalue weighted by molar-refractivity contribution is 5.86. The first-order chi connectivity index (χ1) is 8.09. The quantitative estimate of drug-likeness (QED) is 0.784. The van der Waals surface area contributed by atoms with Crippen molar-refractivity contribution >= 4 is 5.91 Å². The Bertz CT molecular complexity index is 272. The first-order valence-corrected chi connectivity index (χ1v) is 6.86. The molecule has 0 atom stereocenters. The van der Waals surface area contributed by atoms with Gasteiger partial charge in [-0.05, 0) is 52.7 Å². The van der Waals surface area contributed by atoms with Crippen molar-refractivity contribution in [3.8, 4) is 0 Å². The summed E-state index contributed by atoms with van der Waals surface area (Å²) in [5.74, 6) is 0.255. The van der Waals surface area contributed by atoms with E-state index in [4.69, 9.17) is 0 Å². The highest BCUT2D eigenvalue weighted by Gasteiger charge is 2.34. The molecule has 2 heterocycles. The van der Waals surface area contributed by atoms with E-state index in [2.05, 4.69) is 10.2 Å². The standard InChI is InChI=1S/C13H25N3O/c1-13(2)12(17)16(11-6-14-13)10-5-9-15-7-3-4-8-15/h14H,3-11H2,1-2H3. The summed E-state index contributed by atoms with van der Waals surface area (Å²) in [6.07, 6.45) is 3.81. The molecular weight excluding hydrogens is 214 g/mol. The third-order valence-electron chi connectivity index (χ3n) is 3.87. The summed E-state index contributed by atoms with van der Waals surface area (Å²) in [5.41, 5.74) is -0.369. The molecule has 98 valence electrons. The zero-order valence-electron chi connectivity index (χ0n) is 11.2. The molecule has 0 aliphatic carbocycles. The molecule has 4 heteroatoms. The molecule has 2 saturated heterocycles. The molecule has 0 radical (unpaired) electrons. The second kappa shape index (κ2) is 5.36. The molecule has 17 heavy (non-hydrogen) atoms. The molecule has 0 spiro atoms. The molecule has 4 nitrogen and oxygen atoms in total. The maximum Gasteiger partial charge on any atom is 0.242 e. The van der Waals surface area contributed by atoms with Crippen molar-refractivity contribution in [2.75, 3.05) is 39.3 Å². The first-order valence-electron chi connectivity index (χ1n) is 6.86. The average molecular weight is 239 g/mol. The van der Waals surface area contributed by atoms with Crippen molar-refractivity contribution in [3.05, 3.63) is 0 Å². The van der Waals surface area contributed by atoms with E-state index in [1.54, 1.807) is 0 Å². The topological polar surface area (TPSA) is 35.6 Å². The number of carbonyl (C=O) groups excluding carboxylic acids is 1. The van der Waals surface area contributed by atoms with Crippen LogP contribution in [0.4, 0.5) is 0 Å². The molecular formula is C13H25N3O. The third kappa shape index (κ3) is 3.19. The van der Waals surface area contributed by atoms with E-state index in [1.807, 2.05) is 18.7 Å². The van der Waals surface area contributed by atoms with Gasteiger partial charge in [0.05, 0.1) is 5.54 Å². The van der Waals surface area contributed by atoms with Crippen LogP contribution in [0, 0.1) is 0 Å². The van der Waals surface area contributed by atoms with Gasteiger partial charge in [-0.2, -0.15) is 0 Å². The van der Waals surface area contributed by atoms with Gasteiger partial charge in [-0.15, -0.1) is 0 Å². The predicted octanol–water partition coefficient (Wildman–Crippen LogP) is 0.683. The van der Waals surface area contributed by atoms with Crippen LogP contribution in [0.2, 0.25) is 0 Å². The molecule has 0 saturated carbocycles. The van der Waals surface area contributed by atoms with Crippen molar-refractivity contribution < 1.29 is 4.79 Å². The number of likely N-dealkylation sites (tertiary alicyclic amines) is 1. The molecule has 2 rings (SSSR count). The normalized spacial score (nSPS) is 25.5. The smallest absolute Gasteiger partial charge is 0.242 e. The van der Waals surface area contributed by atoms with Gasteiger partial charge < -0.3 is 15.1 Å². The van der Waals surface area contributed by atoms with Crippen LogP contribution in [0.1, 0.15) is 33.1 Å². The lowest BCUT2D eigenvalue weighted by molar-refractivity contribution is -0.139. The summed E-state index contributed by atoms with van der Waals surface area (Å²) in [5, 5.41) is 3.27. The van der Waals surface area contributed by atoms with Crippen molar-refractivity contribution in [1.82, 2.24) is 15.1 Å². The molecule has 0 bridgehead atoms. The Hall–Kier alpha value is -0.610. The van der Waals surface area contributed by atoms with Gasteiger partial charge in [0.2, 0.25) is 5.91 Å². The van der Waals surface area contributed by atoms with E-state index in [0.717, 1.165) is 32.6 Å². The zero-order valence-corrected chi connectivity index (χ0v) is 11.2. The van der Waals surface area contributed by atoms with Crippen molar-refractivity contribution in [3.63, 3.8) is 0 Å². The van der Waals surface area contributed by atoms with Gasteiger partial charge >= 0.3 is 0 Å². The Kier molecular flexibility index (Phi) is 4.05. The van der Waals surface area contributed by atoms with Gasteiger partial charge in [-0.3, -0.25) is 4.79 Å².